The third-order valence-electron chi connectivity index (χ3n) is 2.69. The van der Waals surface area contributed by atoms with Crippen LogP contribution in [0.2, 0.25) is 0 Å². The van der Waals surface area contributed by atoms with Crippen molar-refractivity contribution < 1.29 is 0 Å². The molecule has 3 aromatic rings. The zero-order valence-electron chi connectivity index (χ0n) is 9.25. The Morgan fingerprint density at radius 3 is 2.83 bits per heavy atom. The van der Waals surface area contributed by atoms with Gasteiger partial charge in [-0.05, 0) is 29.4 Å². The summed E-state index contributed by atoms with van der Waals surface area (Å²) in [5.41, 5.74) is 2.17. The van der Waals surface area contributed by atoms with Crippen molar-refractivity contribution in [1.29, 1.82) is 0 Å². The topological polar surface area (TPSA) is 46.7 Å². The monoisotopic (exact) mass is 301 g/mol. The van der Waals surface area contributed by atoms with Gasteiger partial charge in [-0.1, -0.05) is 34.1 Å². The predicted octanol–water partition coefficient (Wildman–Crippen LogP) is 4.16. The molecule has 0 aliphatic heterocycles. The quantitative estimate of drug-likeness (QED) is 0.667. The zero-order valence-corrected chi connectivity index (χ0v) is 10.8. The number of imidazole rings is 1. The van der Waals surface area contributed by atoms with Crippen LogP contribution in [0.4, 0.5) is 5.82 Å². The molecule has 1 aromatic carbocycles. The lowest BCUT2D eigenvalue weighted by molar-refractivity contribution is 1.16. The van der Waals surface area contributed by atoms with E-state index in [2.05, 4.69) is 26.1 Å². The lowest BCUT2D eigenvalue weighted by Gasteiger charge is -1.98. The van der Waals surface area contributed by atoms with Crippen molar-refractivity contribution in [2.24, 2.45) is 5.18 Å². The highest BCUT2D eigenvalue weighted by atomic mass is 79.9. The average Bonchev–Trinajstić information content (AvgIpc) is 2.77. The molecule has 0 atom stereocenters. The van der Waals surface area contributed by atoms with Gasteiger partial charge in [-0.2, -0.15) is 0 Å². The van der Waals surface area contributed by atoms with Crippen LogP contribution in [0.5, 0.6) is 0 Å². The average molecular weight is 302 g/mol. The minimum absolute atomic E-state index is 0.323. The normalized spacial score (nSPS) is 10.7. The third-order valence-corrected chi connectivity index (χ3v) is 3.18. The molecular weight excluding hydrogens is 294 g/mol. The summed E-state index contributed by atoms with van der Waals surface area (Å²) in [5.74, 6) is 0.323. The predicted molar refractivity (Wildman–Crippen MR) is 73.8 cm³/mol. The molecule has 0 aliphatic rings. The first kappa shape index (κ1) is 11.1. The number of halogens is 1. The second kappa shape index (κ2) is 4.34. The van der Waals surface area contributed by atoms with Crippen LogP contribution < -0.4 is 0 Å². The third kappa shape index (κ3) is 1.73. The Labute approximate surface area is 111 Å². The Bertz CT molecular complexity index is 736. The number of benzene rings is 1. The summed E-state index contributed by atoms with van der Waals surface area (Å²) in [4.78, 5) is 15.5. The molecule has 2 aromatic heterocycles. The van der Waals surface area contributed by atoms with E-state index in [1.54, 1.807) is 10.6 Å². The van der Waals surface area contributed by atoms with Crippen LogP contribution in [-0.4, -0.2) is 9.38 Å². The van der Waals surface area contributed by atoms with Crippen molar-refractivity contribution in [3.63, 3.8) is 0 Å². The summed E-state index contributed by atoms with van der Waals surface area (Å²) >= 11 is 3.41. The Balaban J connectivity index is 2.32. The number of rotatable bonds is 2. The number of pyridine rings is 1. The van der Waals surface area contributed by atoms with Crippen molar-refractivity contribution >= 4 is 27.4 Å². The smallest absolute Gasteiger partial charge is 0.209 e. The number of aromatic nitrogens is 2. The van der Waals surface area contributed by atoms with Crippen LogP contribution in [-0.2, 0) is 0 Å². The van der Waals surface area contributed by atoms with Gasteiger partial charge in [0, 0.05) is 16.2 Å². The van der Waals surface area contributed by atoms with E-state index in [4.69, 9.17) is 0 Å². The number of nitrogens with zero attached hydrogens (tertiary/aromatic N) is 3. The highest BCUT2D eigenvalue weighted by Gasteiger charge is 2.14. The van der Waals surface area contributed by atoms with Gasteiger partial charge in [0.05, 0.1) is 0 Å². The van der Waals surface area contributed by atoms with E-state index in [0.717, 1.165) is 10.0 Å². The van der Waals surface area contributed by atoms with Crippen LogP contribution in [0.25, 0.3) is 16.9 Å². The fraction of sp³-hybridized carbons (Fsp3) is 0. The summed E-state index contributed by atoms with van der Waals surface area (Å²) in [6, 6.07) is 13.2. The summed E-state index contributed by atoms with van der Waals surface area (Å²) in [6.07, 6.45) is 1.78. The highest BCUT2D eigenvalue weighted by Crippen LogP contribution is 2.31. The van der Waals surface area contributed by atoms with Crippen molar-refractivity contribution in [2.45, 2.75) is 0 Å². The van der Waals surface area contributed by atoms with Gasteiger partial charge >= 0.3 is 0 Å². The van der Waals surface area contributed by atoms with E-state index in [1.807, 2.05) is 42.5 Å². The van der Waals surface area contributed by atoms with E-state index < -0.39 is 0 Å². The molecule has 0 fully saturated rings. The molecule has 0 aliphatic carbocycles. The summed E-state index contributed by atoms with van der Waals surface area (Å²) in [6.45, 7) is 0. The second-order valence-corrected chi connectivity index (χ2v) is 4.73. The first-order valence-corrected chi connectivity index (χ1v) is 6.15. The molecule has 3 rings (SSSR count). The van der Waals surface area contributed by atoms with Crippen molar-refractivity contribution in [3.8, 4) is 11.3 Å². The molecule has 0 saturated carbocycles. The van der Waals surface area contributed by atoms with E-state index in [1.165, 1.54) is 0 Å². The number of nitroso groups, excluding NO2 is 1. The number of fused-ring (bicyclic) bond motifs is 1. The molecular formula is C13H8BrN3O. The van der Waals surface area contributed by atoms with Crippen LogP contribution in [0, 0.1) is 4.91 Å². The van der Waals surface area contributed by atoms with Gasteiger partial charge in [0.2, 0.25) is 5.82 Å². The molecule has 0 saturated heterocycles. The Hall–Kier alpha value is -2.01. The maximum atomic E-state index is 11.0. The molecule has 18 heavy (non-hydrogen) atoms. The molecule has 5 heteroatoms. The standard InChI is InChI=1S/C13H8BrN3O/c14-10-5-3-4-9(8-10)12-13(16-18)17-7-2-1-6-11(17)15-12/h1-8H. The first-order chi connectivity index (χ1) is 8.79. The molecule has 0 unspecified atom stereocenters. The minimum atomic E-state index is 0.323. The van der Waals surface area contributed by atoms with Gasteiger partial charge in [0.25, 0.3) is 0 Å². The van der Waals surface area contributed by atoms with Crippen molar-refractivity contribution in [2.75, 3.05) is 0 Å². The lowest BCUT2D eigenvalue weighted by atomic mass is 10.1. The summed E-state index contributed by atoms with van der Waals surface area (Å²) in [7, 11) is 0. The van der Waals surface area contributed by atoms with Gasteiger partial charge in [-0.25, -0.2) is 4.98 Å². The van der Waals surface area contributed by atoms with Crippen LogP contribution in [0.15, 0.2) is 58.3 Å². The zero-order chi connectivity index (χ0) is 12.5. The van der Waals surface area contributed by atoms with E-state index >= 15 is 0 Å². The lowest BCUT2D eigenvalue weighted by Crippen LogP contribution is -1.80. The van der Waals surface area contributed by atoms with Crippen LogP contribution in [0.3, 0.4) is 0 Å². The number of hydrogen-bond acceptors (Lipinski definition) is 3. The molecule has 0 amide bonds. The van der Waals surface area contributed by atoms with Gasteiger partial charge in [0.1, 0.15) is 11.3 Å². The van der Waals surface area contributed by atoms with Crippen LogP contribution >= 0.6 is 15.9 Å². The molecule has 0 spiro atoms. The largest absolute Gasteiger partial charge is 0.281 e. The SMILES string of the molecule is O=Nc1c(-c2cccc(Br)c2)nc2ccccn12. The van der Waals surface area contributed by atoms with Gasteiger partial charge in [0.15, 0.2) is 0 Å². The number of hydrogen-bond donors (Lipinski definition) is 0. The van der Waals surface area contributed by atoms with Gasteiger partial charge < -0.3 is 0 Å². The highest BCUT2D eigenvalue weighted by molar-refractivity contribution is 9.10. The van der Waals surface area contributed by atoms with E-state index in [9.17, 15) is 4.91 Å². The molecule has 88 valence electrons. The van der Waals surface area contributed by atoms with Crippen molar-refractivity contribution in [1.82, 2.24) is 9.38 Å². The first-order valence-electron chi connectivity index (χ1n) is 5.36. The second-order valence-electron chi connectivity index (χ2n) is 3.81. The fourth-order valence-electron chi connectivity index (χ4n) is 1.90. The Kier molecular flexibility index (Phi) is 2.68. The fourth-order valence-corrected chi connectivity index (χ4v) is 2.30. The maximum absolute atomic E-state index is 11.0. The molecule has 2 heterocycles. The van der Waals surface area contributed by atoms with E-state index in [0.29, 0.717) is 17.2 Å². The van der Waals surface area contributed by atoms with Crippen LogP contribution in [0.1, 0.15) is 0 Å². The molecule has 4 nitrogen and oxygen atoms in total. The minimum Gasteiger partial charge on any atom is -0.281 e. The summed E-state index contributed by atoms with van der Waals surface area (Å²) in [5, 5.41) is 3.10. The van der Waals surface area contributed by atoms with Gasteiger partial charge in [-0.15, -0.1) is 4.91 Å². The molecule has 0 radical (unpaired) electrons. The Morgan fingerprint density at radius 1 is 1.17 bits per heavy atom. The maximum Gasteiger partial charge on any atom is 0.209 e. The summed E-state index contributed by atoms with van der Waals surface area (Å²) < 4.78 is 2.62. The van der Waals surface area contributed by atoms with E-state index in [-0.39, 0.29) is 0 Å². The van der Waals surface area contributed by atoms with Crippen molar-refractivity contribution in [3.05, 3.63) is 58.0 Å². The molecule has 0 N–H and O–H groups in total. The Morgan fingerprint density at radius 2 is 2.06 bits per heavy atom. The van der Waals surface area contributed by atoms with Gasteiger partial charge in [-0.3, -0.25) is 4.40 Å². The molecule has 0 bridgehead atoms.